The summed E-state index contributed by atoms with van der Waals surface area (Å²) in [5, 5.41) is 5.13. The van der Waals surface area contributed by atoms with E-state index in [4.69, 9.17) is 0 Å². The minimum Gasteiger partial charge on any atom is -0.332 e. The van der Waals surface area contributed by atoms with Crippen LogP contribution in [0.25, 0.3) is 0 Å². The van der Waals surface area contributed by atoms with Crippen LogP contribution in [0.4, 0.5) is 5.13 Å². The summed E-state index contributed by atoms with van der Waals surface area (Å²) in [6.45, 7) is 3.61. The Morgan fingerprint density at radius 2 is 1.77 bits per heavy atom. The maximum absolute atomic E-state index is 12.5. The summed E-state index contributed by atoms with van der Waals surface area (Å²) in [5.74, 6) is -0.124. The fourth-order valence-electron chi connectivity index (χ4n) is 2.62. The number of amides is 2. The second-order valence-corrected chi connectivity index (χ2v) is 7.77. The van der Waals surface area contributed by atoms with Gasteiger partial charge >= 0.3 is 0 Å². The van der Waals surface area contributed by atoms with Gasteiger partial charge in [-0.05, 0) is 20.5 Å². The van der Waals surface area contributed by atoms with Crippen molar-refractivity contribution in [3.05, 3.63) is 11.6 Å². The first-order chi connectivity index (χ1) is 12.5. The smallest absolute Gasteiger partial charge is 0.245 e. The molecule has 148 valence electrons. The molecule has 0 unspecified atom stereocenters. The van der Waals surface area contributed by atoms with Crippen molar-refractivity contribution >= 4 is 28.3 Å². The molecule has 0 aliphatic carbocycles. The molecule has 1 rings (SSSR count). The van der Waals surface area contributed by atoms with Gasteiger partial charge in [0.15, 0.2) is 5.13 Å². The molecular formula is C19H34N4O2S. The van der Waals surface area contributed by atoms with E-state index in [2.05, 4.69) is 17.2 Å². The van der Waals surface area contributed by atoms with Crippen molar-refractivity contribution in [3.63, 3.8) is 0 Å². The Bertz CT molecular complexity index is 506. The normalized spacial score (nSPS) is 10.9. The molecule has 26 heavy (non-hydrogen) atoms. The van der Waals surface area contributed by atoms with Crippen LogP contribution in [0.15, 0.2) is 11.6 Å². The van der Waals surface area contributed by atoms with Gasteiger partial charge in [-0.2, -0.15) is 0 Å². The molecule has 7 heteroatoms. The first kappa shape index (κ1) is 22.6. The Morgan fingerprint density at radius 3 is 2.38 bits per heavy atom. The largest absolute Gasteiger partial charge is 0.332 e. The summed E-state index contributed by atoms with van der Waals surface area (Å²) in [7, 11) is 3.93. The topological polar surface area (TPSA) is 65.5 Å². The number of aromatic nitrogens is 1. The number of nitrogens with one attached hydrogen (secondary N) is 1. The third-order valence-electron chi connectivity index (χ3n) is 4.18. The molecule has 0 radical (unpaired) electrons. The lowest BCUT2D eigenvalue weighted by molar-refractivity contribution is -0.135. The van der Waals surface area contributed by atoms with Gasteiger partial charge in [0.25, 0.3) is 0 Å². The van der Waals surface area contributed by atoms with Gasteiger partial charge in [-0.3, -0.25) is 9.59 Å². The Kier molecular flexibility index (Phi) is 11.9. The summed E-state index contributed by atoms with van der Waals surface area (Å²) in [6, 6.07) is 0. The number of rotatable bonds is 14. The van der Waals surface area contributed by atoms with E-state index in [0.29, 0.717) is 18.1 Å². The van der Waals surface area contributed by atoms with Crippen molar-refractivity contribution in [1.29, 1.82) is 0 Å². The summed E-state index contributed by atoms with van der Waals surface area (Å²) < 4.78 is 0. The van der Waals surface area contributed by atoms with Gasteiger partial charge in [0.05, 0.1) is 6.54 Å². The average molecular weight is 383 g/mol. The Morgan fingerprint density at radius 1 is 1.08 bits per heavy atom. The van der Waals surface area contributed by atoms with Crippen LogP contribution in [0.1, 0.15) is 58.3 Å². The van der Waals surface area contributed by atoms with Gasteiger partial charge in [-0.1, -0.05) is 45.4 Å². The zero-order chi connectivity index (χ0) is 19.2. The fourth-order valence-corrected chi connectivity index (χ4v) is 3.17. The Balaban J connectivity index is 2.37. The number of thiazole rings is 1. The second kappa shape index (κ2) is 13.7. The monoisotopic (exact) mass is 382 g/mol. The van der Waals surface area contributed by atoms with Gasteiger partial charge in [0.1, 0.15) is 0 Å². The van der Waals surface area contributed by atoms with Crippen molar-refractivity contribution in [2.24, 2.45) is 0 Å². The van der Waals surface area contributed by atoms with Crippen LogP contribution in [-0.4, -0.2) is 60.3 Å². The van der Waals surface area contributed by atoms with E-state index in [9.17, 15) is 9.59 Å². The van der Waals surface area contributed by atoms with E-state index in [1.807, 2.05) is 24.4 Å². The Labute approximate surface area is 162 Å². The van der Waals surface area contributed by atoms with Crippen LogP contribution in [0.3, 0.4) is 0 Å². The van der Waals surface area contributed by atoms with E-state index < -0.39 is 0 Å². The number of anilines is 1. The van der Waals surface area contributed by atoms with E-state index in [-0.39, 0.29) is 18.4 Å². The SMILES string of the molecule is CCCCCCCCCC(=O)N(CCN(C)C)CC(=O)Nc1nccs1. The molecule has 1 heterocycles. The molecule has 6 nitrogen and oxygen atoms in total. The molecule has 0 aliphatic heterocycles. The molecule has 0 bridgehead atoms. The summed E-state index contributed by atoms with van der Waals surface area (Å²) in [6.07, 6.45) is 10.4. The second-order valence-electron chi connectivity index (χ2n) is 6.88. The lowest BCUT2D eigenvalue weighted by Gasteiger charge is -2.24. The highest BCUT2D eigenvalue weighted by Gasteiger charge is 2.17. The third-order valence-corrected chi connectivity index (χ3v) is 4.87. The summed E-state index contributed by atoms with van der Waals surface area (Å²) >= 11 is 1.38. The van der Waals surface area contributed by atoms with Gasteiger partial charge in [0.2, 0.25) is 11.8 Å². The summed E-state index contributed by atoms with van der Waals surface area (Å²) in [5.41, 5.74) is 0. The molecule has 0 saturated heterocycles. The molecule has 1 aromatic heterocycles. The van der Waals surface area contributed by atoms with Crippen LogP contribution in [0, 0.1) is 0 Å². The van der Waals surface area contributed by atoms with Crippen molar-refractivity contribution in [3.8, 4) is 0 Å². The average Bonchev–Trinajstić information content (AvgIpc) is 3.10. The van der Waals surface area contributed by atoms with E-state index in [1.54, 1.807) is 11.1 Å². The quantitative estimate of drug-likeness (QED) is 0.499. The van der Waals surface area contributed by atoms with Gasteiger partial charge in [-0.25, -0.2) is 4.98 Å². The zero-order valence-corrected chi connectivity index (χ0v) is 17.3. The van der Waals surface area contributed by atoms with Gasteiger partial charge in [-0.15, -0.1) is 11.3 Å². The molecule has 1 aromatic rings. The van der Waals surface area contributed by atoms with Crippen molar-refractivity contribution in [2.75, 3.05) is 39.0 Å². The molecule has 0 spiro atoms. The standard InChI is InChI=1S/C19H34N4O2S/c1-4-5-6-7-8-9-10-11-18(25)23(14-13-22(2)3)16-17(24)21-19-20-12-15-26-19/h12,15H,4-11,13-14,16H2,1-3H3,(H,20,21,24). The molecule has 0 fully saturated rings. The third kappa shape index (κ3) is 10.5. The highest BCUT2D eigenvalue weighted by molar-refractivity contribution is 7.13. The van der Waals surface area contributed by atoms with Crippen LogP contribution >= 0.6 is 11.3 Å². The number of carbonyl (C=O) groups excluding carboxylic acids is 2. The predicted octanol–water partition coefficient (Wildman–Crippen LogP) is 3.61. The number of hydrogen-bond donors (Lipinski definition) is 1. The van der Waals surface area contributed by atoms with Crippen LogP contribution < -0.4 is 5.32 Å². The molecule has 0 atom stereocenters. The first-order valence-electron chi connectivity index (χ1n) is 9.64. The minimum atomic E-state index is -0.188. The number of likely N-dealkylation sites (N-methyl/N-ethyl adjacent to an activating group) is 1. The molecule has 0 aliphatic rings. The molecule has 1 N–H and O–H groups in total. The predicted molar refractivity (Wildman–Crippen MR) is 108 cm³/mol. The highest BCUT2D eigenvalue weighted by Crippen LogP contribution is 2.11. The number of carbonyl (C=O) groups is 2. The van der Waals surface area contributed by atoms with E-state index in [1.165, 1.54) is 43.4 Å². The van der Waals surface area contributed by atoms with Crippen molar-refractivity contribution in [2.45, 2.75) is 58.3 Å². The molecule has 0 saturated carbocycles. The van der Waals surface area contributed by atoms with Crippen molar-refractivity contribution in [1.82, 2.24) is 14.8 Å². The fraction of sp³-hybridized carbons (Fsp3) is 0.737. The zero-order valence-electron chi connectivity index (χ0n) is 16.5. The van der Waals surface area contributed by atoms with E-state index in [0.717, 1.165) is 19.4 Å². The molecule has 0 aromatic carbocycles. The van der Waals surface area contributed by atoms with Crippen LogP contribution in [0.5, 0.6) is 0 Å². The number of hydrogen-bond acceptors (Lipinski definition) is 5. The van der Waals surface area contributed by atoms with Crippen LogP contribution in [-0.2, 0) is 9.59 Å². The van der Waals surface area contributed by atoms with E-state index >= 15 is 0 Å². The molecular weight excluding hydrogens is 348 g/mol. The lowest BCUT2D eigenvalue weighted by Crippen LogP contribution is -2.41. The minimum absolute atomic E-state index is 0.0645. The maximum Gasteiger partial charge on any atom is 0.245 e. The lowest BCUT2D eigenvalue weighted by atomic mass is 10.1. The summed E-state index contributed by atoms with van der Waals surface area (Å²) in [4.78, 5) is 32.5. The Hall–Kier alpha value is -1.47. The van der Waals surface area contributed by atoms with Crippen LogP contribution in [0.2, 0.25) is 0 Å². The maximum atomic E-state index is 12.5. The van der Waals surface area contributed by atoms with Crippen molar-refractivity contribution < 1.29 is 9.59 Å². The van der Waals surface area contributed by atoms with Gasteiger partial charge in [0, 0.05) is 31.1 Å². The number of nitrogens with zero attached hydrogens (tertiary/aromatic N) is 3. The number of unbranched alkanes of at least 4 members (excludes halogenated alkanes) is 6. The molecule has 2 amide bonds. The van der Waals surface area contributed by atoms with Gasteiger partial charge < -0.3 is 15.1 Å². The highest BCUT2D eigenvalue weighted by atomic mass is 32.1. The first-order valence-corrected chi connectivity index (χ1v) is 10.5.